The molecule has 1 N–H and O–H groups in total. The number of urea groups is 1. The molecule has 0 aromatic heterocycles. The lowest BCUT2D eigenvalue weighted by Crippen LogP contribution is -2.42. The third-order valence-electron chi connectivity index (χ3n) is 4.87. The van der Waals surface area contributed by atoms with Gasteiger partial charge in [-0.25, -0.2) is 13.6 Å². The highest BCUT2D eigenvalue weighted by Crippen LogP contribution is 2.31. The Balaban J connectivity index is 1.65. The van der Waals surface area contributed by atoms with Gasteiger partial charge in [0.05, 0.1) is 6.61 Å². The molecule has 0 saturated carbocycles. The summed E-state index contributed by atoms with van der Waals surface area (Å²) in [5.41, 5.74) is 0.231. The van der Waals surface area contributed by atoms with Crippen LogP contribution in [0.3, 0.4) is 0 Å². The van der Waals surface area contributed by atoms with Crippen molar-refractivity contribution in [3.63, 3.8) is 0 Å². The van der Waals surface area contributed by atoms with Gasteiger partial charge in [0.15, 0.2) is 0 Å². The highest BCUT2D eigenvalue weighted by molar-refractivity contribution is 6.07. The van der Waals surface area contributed by atoms with E-state index in [4.69, 9.17) is 4.74 Å². The maximum absolute atomic E-state index is 14.2. The molecule has 0 aliphatic carbocycles. The molecule has 1 atom stereocenters. The first kappa shape index (κ1) is 19.8. The summed E-state index contributed by atoms with van der Waals surface area (Å²) in [6, 6.07) is 8.07. The van der Waals surface area contributed by atoms with Gasteiger partial charge in [-0.05, 0) is 62.6 Å². The summed E-state index contributed by atoms with van der Waals surface area (Å²) in [4.78, 5) is 26.1. The van der Waals surface area contributed by atoms with Crippen molar-refractivity contribution in [1.82, 2.24) is 10.2 Å². The van der Waals surface area contributed by atoms with Crippen molar-refractivity contribution >= 4 is 11.9 Å². The smallest absolute Gasteiger partial charge is 0.325 e. The molecule has 0 bridgehead atoms. The summed E-state index contributed by atoms with van der Waals surface area (Å²) >= 11 is 0. The lowest BCUT2D eigenvalue weighted by Gasteiger charge is -2.23. The molecule has 2 aromatic rings. The summed E-state index contributed by atoms with van der Waals surface area (Å²) in [6.07, 6.45) is 0.411. The summed E-state index contributed by atoms with van der Waals surface area (Å²) in [7, 11) is 0. The fourth-order valence-corrected chi connectivity index (χ4v) is 3.23. The van der Waals surface area contributed by atoms with E-state index in [0.717, 1.165) is 40.0 Å². The average molecular weight is 388 g/mol. The largest absolute Gasteiger partial charge is 0.493 e. The van der Waals surface area contributed by atoms with E-state index in [1.807, 2.05) is 32.0 Å². The second kappa shape index (κ2) is 7.58. The third kappa shape index (κ3) is 3.69. The van der Waals surface area contributed by atoms with Crippen LogP contribution in [0.2, 0.25) is 0 Å². The van der Waals surface area contributed by atoms with Gasteiger partial charge < -0.3 is 10.1 Å². The second-order valence-electron chi connectivity index (χ2n) is 7.11. The summed E-state index contributed by atoms with van der Waals surface area (Å²) in [5.74, 6) is -1.30. The molecule has 28 heavy (non-hydrogen) atoms. The van der Waals surface area contributed by atoms with Crippen molar-refractivity contribution in [1.29, 1.82) is 0 Å². The molecule has 148 valence electrons. The van der Waals surface area contributed by atoms with Crippen molar-refractivity contribution in [2.75, 3.05) is 13.2 Å². The van der Waals surface area contributed by atoms with Gasteiger partial charge >= 0.3 is 6.03 Å². The number of imide groups is 1. The number of hydrogen-bond acceptors (Lipinski definition) is 3. The highest BCUT2D eigenvalue weighted by Gasteiger charge is 2.50. The van der Waals surface area contributed by atoms with Gasteiger partial charge in [0.25, 0.3) is 5.91 Å². The standard InChI is InChI=1S/C21H22F2N2O3/c1-13-5-6-14(2)18(11-13)28-10-4-9-25-19(26)21(3,24-20(25)27)16-12-15(22)7-8-17(16)23/h5-8,11-12H,4,9-10H2,1-3H3,(H,24,27). The van der Waals surface area contributed by atoms with Crippen LogP contribution in [0, 0.1) is 25.5 Å². The SMILES string of the molecule is Cc1ccc(C)c(OCCCN2C(=O)NC(C)(c3cc(F)ccc3F)C2=O)c1. The Morgan fingerprint density at radius 2 is 1.86 bits per heavy atom. The molecule has 1 aliphatic heterocycles. The van der Waals surface area contributed by atoms with Crippen LogP contribution >= 0.6 is 0 Å². The number of carbonyl (C=O) groups excluding carboxylic acids is 2. The van der Waals surface area contributed by atoms with Crippen LogP contribution in [-0.4, -0.2) is 30.0 Å². The third-order valence-corrected chi connectivity index (χ3v) is 4.87. The zero-order valence-electron chi connectivity index (χ0n) is 16.0. The fourth-order valence-electron chi connectivity index (χ4n) is 3.23. The molecule has 1 saturated heterocycles. The number of hydrogen-bond donors (Lipinski definition) is 1. The van der Waals surface area contributed by atoms with Gasteiger partial charge in [-0.3, -0.25) is 9.69 Å². The number of nitrogens with one attached hydrogen (secondary N) is 1. The van der Waals surface area contributed by atoms with Crippen molar-refractivity contribution in [3.05, 3.63) is 64.7 Å². The first-order valence-corrected chi connectivity index (χ1v) is 9.02. The van der Waals surface area contributed by atoms with Crippen LogP contribution in [0.4, 0.5) is 13.6 Å². The van der Waals surface area contributed by atoms with Crippen LogP contribution in [0.5, 0.6) is 5.75 Å². The zero-order valence-corrected chi connectivity index (χ0v) is 16.0. The van der Waals surface area contributed by atoms with E-state index in [0.29, 0.717) is 13.0 Å². The lowest BCUT2D eigenvalue weighted by atomic mass is 9.91. The van der Waals surface area contributed by atoms with E-state index in [2.05, 4.69) is 5.32 Å². The Morgan fingerprint density at radius 1 is 1.11 bits per heavy atom. The number of carbonyl (C=O) groups is 2. The monoisotopic (exact) mass is 388 g/mol. The minimum absolute atomic E-state index is 0.113. The van der Waals surface area contributed by atoms with Gasteiger partial charge in [0.1, 0.15) is 22.9 Å². The molecule has 7 heteroatoms. The summed E-state index contributed by atoms with van der Waals surface area (Å²) in [6.45, 7) is 5.70. The van der Waals surface area contributed by atoms with Crippen LogP contribution < -0.4 is 10.1 Å². The van der Waals surface area contributed by atoms with Crippen molar-refractivity contribution in [2.45, 2.75) is 32.7 Å². The Bertz CT molecular complexity index is 932. The fraction of sp³-hybridized carbons (Fsp3) is 0.333. The van der Waals surface area contributed by atoms with E-state index in [1.165, 1.54) is 6.92 Å². The molecule has 5 nitrogen and oxygen atoms in total. The topological polar surface area (TPSA) is 58.6 Å². The predicted octanol–water partition coefficient (Wildman–Crippen LogP) is 3.82. The van der Waals surface area contributed by atoms with Gasteiger partial charge in [-0.1, -0.05) is 12.1 Å². The van der Waals surface area contributed by atoms with Crippen molar-refractivity contribution < 1.29 is 23.1 Å². The molecule has 0 radical (unpaired) electrons. The molecule has 1 fully saturated rings. The Labute approximate surface area is 162 Å². The van der Waals surface area contributed by atoms with Gasteiger partial charge in [-0.2, -0.15) is 0 Å². The molecule has 2 aromatic carbocycles. The number of nitrogens with zero attached hydrogens (tertiary/aromatic N) is 1. The summed E-state index contributed by atoms with van der Waals surface area (Å²) < 4.78 is 33.4. The highest BCUT2D eigenvalue weighted by atomic mass is 19.1. The lowest BCUT2D eigenvalue weighted by molar-refractivity contribution is -0.131. The number of aryl methyl sites for hydroxylation is 2. The normalized spacial score (nSPS) is 19.1. The van der Waals surface area contributed by atoms with Gasteiger partial charge in [0.2, 0.25) is 0 Å². The molecule has 1 unspecified atom stereocenters. The van der Waals surface area contributed by atoms with E-state index < -0.39 is 29.1 Å². The molecule has 1 heterocycles. The van der Waals surface area contributed by atoms with Gasteiger partial charge in [-0.15, -0.1) is 0 Å². The molecule has 3 amide bonds. The quantitative estimate of drug-likeness (QED) is 0.605. The minimum Gasteiger partial charge on any atom is -0.493 e. The molecule has 3 rings (SSSR count). The van der Waals surface area contributed by atoms with E-state index in [-0.39, 0.29) is 12.1 Å². The molecule has 0 spiro atoms. The second-order valence-corrected chi connectivity index (χ2v) is 7.11. The van der Waals surface area contributed by atoms with E-state index >= 15 is 0 Å². The Kier molecular flexibility index (Phi) is 5.36. The summed E-state index contributed by atoms with van der Waals surface area (Å²) in [5, 5.41) is 2.48. The molecular formula is C21H22F2N2O3. The maximum Gasteiger partial charge on any atom is 0.325 e. The van der Waals surface area contributed by atoms with Crippen LogP contribution in [0.15, 0.2) is 36.4 Å². The first-order valence-electron chi connectivity index (χ1n) is 9.02. The number of rotatable bonds is 6. The maximum atomic E-state index is 14.2. The van der Waals surface area contributed by atoms with Crippen molar-refractivity contribution in [2.24, 2.45) is 0 Å². The predicted molar refractivity (Wildman–Crippen MR) is 100.0 cm³/mol. The van der Waals surface area contributed by atoms with Crippen LogP contribution in [0.25, 0.3) is 0 Å². The number of benzene rings is 2. The minimum atomic E-state index is -1.64. The average Bonchev–Trinajstić information content (AvgIpc) is 2.86. The molecular weight excluding hydrogens is 366 g/mol. The number of ether oxygens (including phenoxy) is 1. The number of amides is 3. The van der Waals surface area contributed by atoms with E-state index in [1.54, 1.807) is 0 Å². The Morgan fingerprint density at radius 3 is 2.61 bits per heavy atom. The van der Waals surface area contributed by atoms with Crippen LogP contribution in [0.1, 0.15) is 30.0 Å². The Hall–Kier alpha value is -2.96. The zero-order chi connectivity index (χ0) is 20.5. The van der Waals surface area contributed by atoms with E-state index in [9.17, 15) is 18.4 Å². The van der Waals surface area contributed by atoms with Gasteiger partial charge in [0, 0.05) is 12.1 Å². The van der Waals surface area contributed by atoms with Crippen LogP contribution in [-0.2, 0) is 10.3 Å². The first-order chi connectivity index (χ1) is 13.2. The number of halogens is 2. The molecule has 1 aliphatic rings. The van der Waals surface area contributed by atoms with Crippen molar-refractivity contribution in [3.8, 4) is 5.75 Å².